The zero-order chi connectivity index (χ0) is 22.3. The second-order valence-electron chi connectivity index (χ2n) is 8.24. The molecule has 0 fully saturated rings. The Morgan fingerprint density at radius 1 is 0.903 bits per heavy atom. The largest absolute Gasteiger partial charge is 0.422 e. The quantitative estimate of drug-likeness (QED) is 0.362. The second kappa shape index (κ2) is 8.21. The Labute approximate surface area is 176 Å². The van der Waals surface area contributed by atoms with Gasteiger partial charge in [-0.3, -0.25) is 0 Å². The van der Waals surface area contributed by atoms with Crippen LogP contribution in [0, 0.1) is 23.4 Å². The molecule has 2 atom stereocenters. The summed E-state index contributed by atoms with van der Waals surface area (Å²) in [5, 5.41) is 1.21. The smallest absolute Gasteiger partial charge is 0.206 e. The predicted octanol–water partition coefficient (Wildman–Crippen LogP) is 8.16. The third-order valence-corrected chi connectivity index (χ3v) is 6.36. The number of aryl methyl sites for hydroxylation is 1. The minimum atomic E-state index is -5.10. The van der Waals surface area contributed by atoms with Gasteiger partial charge in [-0.2, -0.15) is 13.2 Å². The maximum Gasteiger partial charge on any atom is 0.422 e. The standard InChI is InChI=1S/C25H22F6/c1-2-3-5-14-8-9-17-16-6-4-7-20(26)18(16)10-11-19(17)23(14)15-12-21(27)24(22(28)13-15)25(29,30)31/h4,6-7,10-14,23H,2-3,5,8-9H2,1H3/t14-,23-/m1/s1. The molecule has 0 aliphatic heterocycles. The Hall–Kier alpha value is -2.50. The van der Waals surface area contributed by atoms with Gasteiger partial charge in [-0.25, -0.2) is 13.2 Å². The fourth-order valence-electron chi connectivity index (χ4n) is 4.99. The van der Waals surface area contributed by atoms with E-state index < -0.39 is 29.3 Å². The molecule has 3 aromatic carbocycles. The van der Waals surface area contributed by atoms with E-state index in [-0.39, 0.29) is 17.3 Å². The maximum atomic E-state index is 14.4. The van der Waals surface area contributed by atoms with Gasteiger partial charge in [0.1, 0.15) is 23.0 Å². The van der Waals surface area contributed by atoms with Crippen molar-refractivity contribution in [1.29, 1.82) is 0 Å². The molecule has 3 aromatic rings. The number of hydrogen-bond donors (Lipinski definition) is 0. The molecule has 0 N–H and O–H groups in total. The summed E-state index contributed by atoms with van der Waals surface area (Å²) < 4.78 is 82.3. The fourth-order valence-corrected chi connectivity index (χ4v) is 4.99. The lowest BCUT2D eigenvalue weighted by atomic mass is 9.69. The number of hydrogen-bond acceptors (Lipinski definition) is 0. The Morgan fingerprint density at radius 2 is 1.61 bits per heavy atom. The number of benzene rings is 3. The topological polar surface area (TPSA) is 0 Å². The molecule has 0 heterocycles. The van der Waals surface area contributed by atoms with Gasteiger partial charge in [-0.05, 0) is 65.5 Å². The van der Waals surface area contributed by atoms with E-state index >= 15 is 0 Å². The molecule has 1 aliphatic rings. The first-order valence-electron chi connectivity index (χ1n) is 10.5. The van der Waals surface area contributed by atoms with Crippen LogP contribution in [0.3, 0.4) is 0 Å². The van der Waals surface area contributed by atoms with Crippen LogP contribution in [-0.2, 0) is 12.6 Å². The van der Waals surface area contributed by atoms with Crippen LogP contribution in [0.1, 0.15) is 60.8 Å². The third-order valence-electron chi connectivity index (χ3n) is 6.36. The molecule has 164 valence electrons. The zero-order valence-corrected chi connectivity index (χ0v) is 17.0. The first-order valence-corrected chi connectivity index (χ1v) is 10.5. The van der Waals surface area contributed by atoms with E-state index in [0.29, 0.717) is 11.8 Å². The summed E-state index contributed by atoms with van der Waals surface area (Å²) in [6.07, 6.45) is -1.05. The molecular weight excluding hydrogens is 414 g/mol. The molecule has 4 rings (SSSR count). The van der Waals surface area contributed by atoms with Crippen molar-refractivity contribution < 1.29 is 26.3 Å². The molecular formula is C25H22F6. The Bertz CT molecular complexity index is 1090. The van der Waals surface area contributed by atoms with Crippen molar-refractivity contribution >= 4 is 10.8 Å². The van der Waals surface area contributed by atoms with Gasteiger partial charge in [0.25, 0.3) is 0 Å². The minimum absolute atomic E-state index is 0.0361. The molecule has 0 bridgehead atoms. The summed E-state index contributed by atoms with van der Waals surface area (Å²) in [5.74, 6) is -3.97. The molecule has 6 heteroatoms. The van der Waals surface area contributed by atoms with Crippen molar-refractivity contribution in [1.82, 2.24) is 0 Å². The van der Waals surface area contributed by atoms with Crippen LogP contribution < -0.4 is 0 Å². The highest BCUT2D eigenvalue weighted by Crippen LogP contribution is 2.46. The number of halogens is 6. The monoisotopic (exact) mass is 436 g/mol. The molecule has 0 saturated heterocycles. The Kier molecular flexibility index (Phi) is 5.75. The van der Waals surface area contributed by atoms with Crippen molar-refractivity contribution in [3.63, 3.8) is 0 Å². The van der Waals surface area contributed by atoms with E-state index in [4.69, 9.17) is 0 Å². The van der Waals surface area contributed by atoms with E-state index in [1.54, 1.807) is 18.2 Å². The minimum Gasteiger partial charge on any atom is -0.206 e. The van der Waals surface area contributed by atoms with Crippen molar-refractivity contribution in [2.45, 2.75) is 51.1 Å². The van der Waals surface area contributed by atoms with E-state index in [0.717, 1.165) is 54.3 Å². The van der Waals surface area contributed by atoms with Crippen molar-refractivity contribution in [2.24, 2.45) is 5.92 Å². The van der Waals surface area contributed by atoms with Crippen LogP contribution in [0.15, 0.2) is 42.5 Å². The number of rotatable bonds is 4. The summed E-state index contributed by atoms with van der Waals surface area (Å²) in [5.41, 5.74) is 0.0401. The summed E-state index contributed by atoms with van der Waals surface area (Å²) >= 11 is 0. The summed E-state index contributed by atoms with van der Waals surface area (Å²) in [7, 11) is 0. The maximum absolute atomic E-state index is 14.4. The predicted molar refractivity (Wildman–Crippen MR) is 108 cm³/mol. The first-order chi connectivity index (χ1) is 14.7. The summed E-state index contributed by atoms with van der Waals surface area (Å²) in [4.78, 5) is 0. The number of alkyl halides is 3. The molecule has 0 aromatic heterocycles. The van der Waals surface area contributed by atoms with Gasteiger partial charge in [-0.1, -0.05) is 44.0 Å². The molecule has 0 unspecified atom stereocenters. The van der Waals surface area contributed by atoms with Crippen molar-refractivity contribution in [3.8, 4) is 0 Å². The van der Waals surface area contributed by atoms with Crippen molar-refractivity contribution in [2.75, 3.05) is 0 Å². The van der Waals surface area contributed by atoms with Crippen LogP contribution >= 0.6 is 0 Å². The lowest BCUT2D eigenvalue weighted by molar-refractivity contribution is -0.142. The molecule has 0 nitrogen and oxygen atoms in total. The SMILES string of the molecule is CCCC[C@@H]1CCc2c(ccc3c(F)cccc23)[C@H]1c1cc(F)c(C(F)(F)F)c(F)c1. The van der Waals surface area contributed by atoms with E-state index in [1.165, 1.54) is 6.07 Å². The number of fused-ring (bicyclic) bond motifs is 3. The second-order valence-corrected chi connectivity index (χ2v) is 8.24. The molecule has 31 heavy (non-hydrogen) atoms. The third kappa shape index (κ3) is 3.92. The highest BCUT2D eigenvalue weighted by Gasteiger charge is 2.39. The first kappa shape index (κ1) is 21.7. The van der Waals surface area contributed by atoms with E-state index in [2.05, 4.69) is 0 Å². The molecule has 0 saturated carbocycles. The van der Waals surface area contributed by atoms with Gasteiger partial charge < -0.3 is 0 Å². The lowest BCUT2D eigenvalue weighted by Crippen LogP contribution is -2.23. The van der Waals surface area contributed by atoms with Crippen LogP contribution in [0.2, 0.25) is 0 Å². The van der Waals surface area contributed by atoms with Gasteiger partial charge in [0.15, 0.2) is 0 Å². The summed E-state index contributed by atoms with van der Waals surface area (Å²) in [6, 6.07) is 9.86. The molecule has 0 amide bonds. The molecule has 0 radical (unpaired) electrons. The Morgan fingerprint density at radius 3 is 2.26 bits per heavy atom. The Balaban J connectivity index is 1.90. The van der Waals surface area contributed by atoms with Gasteiger partial charge in [-0.15, -0.1) is 0 Å². The molecule has 0 spiro atoms. The lowest BCUT2D eigenvalue weighted by Gasteiger charge is -2.35. The highest BCUT2D eigenvalue weighted by atomic mass is 19.4. The average molecular weight is 436 g/mol. The summed E-state index contributed by atoms with van der Waals surface area (Å²) in [6.45, 7) is 2.04. The van der Waals surface area contributed by atoms with E-state index in [9.17, 15) is 26.3 Å². The zero-order valence-electron chi connectivity index (χ0n) is 17.0. The van der Waals surface area contributed by atoms with Gasteiger partial charge in [0, 0.05) is 11.3 Å². The molecule has 1 aliphatic carbocycles. The van der Waals surface area contributed by atoms with Crippen molar-refractivity contribution in [3.05, 3.63) is 82.2 Å². The van der Waals surface area contributed by atoms with E-state index in [1.807, 2.05) is 13.0 Å². The fraction of sp³-hybridized carbons (Fsp3) is 0.360. The van der Waals surface area contributed by atoms with Crippen LogP contribution in [-0.4, -0.2) is 0 Å². The van der Waals surface area contributed by atoms with Crippen LogP contribution in [0.25, 0.3) is 10.8 Å². The van der Waals surface area contributed by atoms with Gasteiger partial charge >= 0.3 is 6.18 Å². The van der Waals surface area contributed by atoms with Gasteiger partial charge in [0.05, 0.1) is 0 Å². The van der Waals surface area contributed by atoms with Crippen LogP contribution in [0.4, 0.5) is 26.3 Å². The van der Waals surface area contributed by atoms with Crippen LogP contribution in [0.5, 0.6) is 0 Å². The highest BCUT2D eigenvalue weighted by molar-refractivity contribution is 5.88. The average Bonchev–Trinajstić information content (AvgIpc) is 2.70. The normalized spacial score (nSPS) is 18.9. The number of unbranched alkanes of at least 4 members (excludes halogenated alkanes) is 1. The van der Waals surface area contributed by atoms with Gasteiger partial charge in [0.2, 0.25) is 0 Å².